The number of aryl methyl sites for hydroxylation is 2. The van der Waals surface area contributed by atoms with Gasteiger partial charge in [0, 0.05) is 39.6 Å². The quantitative estimate of drug-likeness (QED) is 0.331. The van der Waals surface area contributed by atoms with E-state index < -0.39 is 0 Å². The normalized spacial score (nSPS) is 11.3. The Labute approximate surface area is 189 Å². The molecule has 2 heterocycles. The molecule has 7 heteroatoms. The molecule has 3 aromatic carbocycles. The van der Waals surface area contributed by atoms with E-state index in [-0.39, 0.29) is 11.7 Å². The molecular formula is C25H22N4O2S. The third-order valence-electron chi connectivity index (χ3n) is 5.40. The molecular weight excluding hydrogens is 420 g/mol. The van der Waals surface area contributed by atoms with Crippen molar-refractivity contribution in [3.8, 4) is 11.5 Å². The number of thioether (sulfide) groups is 1. The summed E-state index contributed by atoms with van der Waals surface area (Å²) in [6.07, 6.45) is 0. The second kappa shape index (κ2) is 8.51. The zero-order valence-electron chi connectivity index (χ0n) is 17.8. The fraction of sp³-hybridized carbons (Fsp3) is 0.160. The van der Waals surface area contributed by atoms with Gasteiger partial charge in [0.15, 0.2) is 0 Å². The van der Waals surface area contributed by atoms with Crippen LogP contribution in [0.25, 0.3) is 33.3 Å². The van der Waals surface area contributed by atoms with Gasteiger partial charge in [0.1, 0.15) is 0 Å². The number of anilines is 1. The molecule has 0 bridgehead atoms. The number of carbonyl (C=O) groups excluding carboxylic acids is 1. The zero-order valence-corrected chi connectivity index (χ0v) is 18.6. The van der Waals surface area contributed by atoms with E-state index in [0.29, 0.717) is 11.1 Å². The molecule has 0 saturated heterocycles. The van der Waals surface area contributed by atoms with Crippen LogP contribution >= 0.6 is 11.8 Å². The predicted octanol–water partition coefficient (Wildman–Crippen LogP) is 5.90. The SMILES string of the molecule is CCn1c2ccccc2c2cc(NC(=O)CSc3nnc(-c4ccc(C)cc4)o3)ccc21. The van der Waals surface area contributed by atoms with Gasteiger partial charge in [-0.2, -0.15) is 0 Å². The maximum absolute atomic E-state index is 12.5. The smallest absolute Gasteiger partial charge is 0.277 e. The van der Waals surface area contributed by atoms with Gasteiger partial charge in [0.05, 0.1) is 5.75 Å². The van der Waals surface area contributed by atoms with Crippen LogP contribution in [-0.2, 0) is 11.3 Å². The Bertz CT molecular complexity index is 1420. The molecule has 0 spiro atoms. The number of hydrogen-bond acceptors (Lipinski definition) is 5. The van der Waals surface area contributed by atoms with Crippen LogP contribution in [0.2, 0.25) is 0 Å². The lowest BCUT2D eigenvalue weighted by atomic mass is 10.1. The van der Waals surface area contributed by atoms with Gasteiger partial charge in [-0.3, -0.25) is 4.79 Å². The second-order valence-electron chi connectivity index (χ2n) is 7.57. The summed E-state index contributed by atoms with van der Waals surface area (Å²) in [6, 6.07) is 22.2. The number of rotatable bonds is 6. The standard InChI is InChI=1S/C25H22N4O2S/c1-3-29-21-7-5-4-6-19(21)20-14-18(12-13-22(20)29)26-23(30)15-32-25-28-27-24(31-25)17-10-8-16(2)9-11-17/h4-14H,3,15H2,1-2H3,(H,26,30). The molecule has 5 rings (SSSR count). The molecule has 0 radical (unpaired) electrons. The summed E-state index contributed by atoms with van der Waals surface area (Å²) in [5, 5.41) is 13.8. The number of carbonyl (C=O) groups is 1. The number of benzene rings is 3. The fourth-order valence-electron chi connectivity index (χ4n) is 3.88. The Morgan fingerprint density at radius 1 is 1.00 bits per heavy atom. The average molecular weight is 443 g/mol. The number of fused-ring (bicyclic) bond motifs is 3. The summed E-state index contributed by atoms with van der Waals surface area (Å²) in [4.78, 5) is 12.5. The van der Waals surface area contributed by atoms with Crippen molar-refractivity contribution in [2.45, 2.75) is 25.6 Å². The minimum absolute atomic E-state index is 0.122. The van der Waals surface area contributed by atoms with E-state index in [9.17, 15) is 4.79 Å². The number of para-hydroxylation sites is 1. The van der Waals surface area contributed by atoms with E-state index in [1.54, 1.807) is 0 Å². The third kappa shape index (κ3) is 3.87. The van der Waals surface area contributed by atoms with Gasteiger partial charge >= 0.3 is 0 Å². The molecule has 6 nitrogen and oxygen atoms in total. The molecule has 32 heavy (non-hydrogen) atoms. The first kappa shape index (κ1) is 20.3. The van der Waals surface area contributed by atoms with Gasteiger partial charge in [0.2, 0.25) is 11.8 Å². The number of aromatic nitrogens is 3. The number of amides is 1. The van der Waals surface area contributed by atoms with Crippen LogP contribution in [0.4, 0.5) is 5.69 Å². The number of nitrogens with zero attached hydrogens (tertiary/aromatic N) is 3. The lowest BCUT2D eigenvalue weighted by Crippen LogP contribution is -2.13. The fourth-order valence-corrected chi connectivity index (χ4v) is 4.44. The van der Waals surface area contributed by atoms with E-state index in [0.717, 1.165) is 34.3 Å². The van der Waals surface area contributed by atoms with E-state index in [1.165, 1.54) is 22.7 Å². The Kier molecular flexibility index (Phi) is 5.41. The maximum atomic E-state index is 12.5. The van der Waals surface area contributed by atoms with Crippen LogP contribution in [0.3, 0.4) is 0 Å². The van der Waals surface area contributed by atoms with Gasteiger partial charge in [0.25, 0.3) is 5.22 Å². The molecule has 0 atom stereocenters. The summed E-state index contributed by atoms with van der Waals surface area (Å²) >= 11 is 1.22. The molecule has 2 aromatic heterocycles. The minimum Gasteiger partial charge on any atom is -0.411 e. The van der Waals surface area contributed by atoms with Crippen molar-refractivity contribution < 1.29 is 9.21 Å². The van der Waals surface area contributed by atoms with Crippen molar-refractivity contribution in [3.63, 3.8) is 0 Å². The Morgan fingerprint density at radius 2 is 1.78 bits per heavy atom. The minimum atomic E-state index is -0.122. The Morgan fingerprint density at radius 3 is 2.59 bits per heavy atom. The third-order valence-corrected chi connectivity index (χ3v) is 6.22. The van der Waals surface area contributed by atoms with Crippen LogP contribution < -0.4 is 5.32 Å². The lowest BCUT2D eigenvalue weighted by molar-refractivity contribution is -0.113. The molecule has 0 aliphatic rings. The first-order chi connectivity index (χ1) is 15.6. The molecule has 5 aromatic rings. The van der Waals surface area contributed by atoms with Crippen molar-refractivity contribution in [2.24, 2.45) is 0 Å². The molecule has 160 valence electrons. The van der Waals surface area contributed by atoms with E-state index in [1.807, 2.05) is 49.4 Å². The summed E-state index contributed by atoms with van der Waals surface area (Å²) in [5.74, 6) is 0.513. The van der Waals surface area contributed by atoms with Crippen molar-refractivity contribution in [2.75, 3.05) is 11.1 Å². The maximum Gasteiger partial charge on any atom is 0.277 e. The highest BCUT2D eigenvalue weighted by Crippen LogP contribution is 2.31. The van der Waals surface area contributed by atoms with Gasteiger partial charge in [-0.15, -0.1) is 10.2 Å². The van der Waals surface area contributed by atoms with Crippen LogP contribution in [0, 0.1) is 6.92 Å². The van der Waals surface area contributed by atoms with Crippen molar-refractivity contribution in [3.05, 3.63) is 72.3 Å². The van der Waals surface area contributed by atoms with Crippen LogP contribution in [0.1, 0.15) is 12.5 Å². The summed E-state index contributed by atoms with van der Waals surface area (Å²) in [6.45, 7) is 5.05. The monoisotopic (exact) mass is 442 g/mol. The molecule has 0 fully saturated rings. The molecule has 1 N–H and O–H groups in total. The molecule has 0 aliphatic carbocycles. The summed E-state index contributed by atoms with van der Waals surface area (Å²) < 4.78 is 7.97. The van der Waals surface area contributed by atoms with Crippen molar-refractivity contribution in [1.82, 2.24) is 14.8 Å². The zero-order chi connectivity index (χ0) is 22.1. The lowest BCUT2D eigenvalue weighted by Gasteiger charge is -2.06. The highest BCUT2D eigenvalue weighted by Gasteiger charge is 2.13. The average Bonchev–Trinajstić information content (AvgIpc) is 3.41. The first-order valence-electron chi connectivity index (χ1n) is 10.5. The van der Waals surface area contributed by atoms with Crippen LogP contribution in [-0.4, -0.2) is 26.4 Å². The first-order valence-corrected chi connectivity index (χ1v) is 11.4. The van der Waals surface area contributed by atoms with Crippen LogP contribution in [0.15, 0.2) is 76.4 Å². The predicted molar refractivity (Wildman–Crippen MR) is 129 cm³/mol. The molecule has 0 saturated carbocycles. The topological polar surface area (TPSA) is 73.0 Å². The van der Waals surface area contributed by atoms with Gasteiger partial charge in [-0.25, -0.2) is 0 Å². The Hall–Kier alpha value is -3.58. The van der Waals surface area contributed by atoms with E-state index in [4.69, 9.17) is 4.42 Å². The molecule has 1 amide bonds. The van der Waals surface area contributed by atoms with E-state index >= 15 is 0 Å². The highest BCUT2D eigenvalue weighted by molar-refractivity contribution is 7.99. The van der Waals surface area contributed by atoms with Gasteiger partial charge in [-0.05, 0) is 50.2 Å². The highest BCUT2D eigenvalue weighted by atomic mass is 32.2. The molecule has 0 aliphatic heterocycles. The van der Waals surface area contributed by atoms with Crippen molar-refractivity contribution in [1.29, 1.82) is 0 Å². The Balaban J connectivity index is 1.28. The van der Waals surface area contributed by atoms with E-state index in [2.05, 4.69) is 51.3 Å². The molecule has 0 unspecified atom stereocenters. The van der Waals surface area contributed by atoms with Crippen molar-refractivity contribution >= 4 is 45.2 Å². The largest absolute Gasteiger partial charge is 0.411 e. The second-order valence-corrected chi connectivity index (χ2v) is 8.50. The number of hydrogen-bond donors (Lipinski definition) is 1. The number of nitrogens with one attached hydrogen (secondary N) is 1. The summed E-state index contributed by atoms with van der Waals surface area (Å²) in [5.41, 5.74) is 5.16. The summed E-state index contributed by atoms with van der Waals surface area (Å²) in [7, 11) is 0. The van der Waals surface area contributed by atoms with Gasteiger partial charge in [-0.1, -0.05) is 47.7 Å². The van der Waals surface area contributed by atoms with Crippen LogP contribution in [0.5, 0.6) is 0 Å². The van der Waals surface area contributed by atoms with Gasteiger partial charge < -0.3 is 14.3 Å².